The summed E-state index contributed by atoms with van der Waals surface area (Å²) in [5, 5.41) is 5.80. The van der Waals surface area contributed by atoms with Crippen LogP contribution < -0.4 is 10.6 Å². The Hall–Kier alpha value is -1.21. The van der Waals surface area contributed by atoms with E-state index in [0.717, 1.165) is 18.7 Å². The lowest BCUT2D eigenvalue weighted by molar-refractivity contribution is 0.0825. The summed E-state index contributed by atoms with van der Waals surface area (Å²) in [5.41, 5.74) is 0.727. The van der Waals surface area contributed by atoms with Crippen LogP contribution >= 0.6 is 15.9 Å². The second-order valence-electron chi connectivity index (χ2n) is 5.23. The van der Waals surface area contributed by atoms with Gasteiger partial charge in [0.1, 0.15) is 4.60 Å². The molecule has 0 spiro atoms. The van der Waals surface area contributed by atoms with Crippen LogP contribution in [-0.2, 0) is 11.3 Å². The molecule has 0 radical (unpaired) electrons. The van der Waals surface area contributed by atoms with Crippen LogP contribution in [0.5, 0.6) is 0 Å². The number of urea groups is 1. The molecule has 2 N–H and O–H groups in total. The number of carbonyl (C=O) groups is 1. The van der Waals surface area contributed by atoms with Crippen molar-refractivity contribution in [1.82, 2.24) is 20.6 Å². The highest BCUT2D eigenvalue weighted by atomic mass is 79.9. The number of nitrogens with one attached hydrogen (secondary N) is 2. The lowest BCUT2D eigenvalue weighted by Crippen LogP contribution is -2.46. The van der Waals surface area contributed by atoms with E-state index in [9.17, 15) is 4.79 Å². The minimum atomic E-state index is -0.170. The summed E-state index contributed by atoms with van der Waals surface area (Å²) < 4.78 is 6.38. The summed E-state index contributed by atoms with van der Waals surface area (Å²) in [7, 11) is 0. The molecule has 1 saturated heterocycles. The molecular formula is C13H17BrN4O2. The fourth-order valence-corrected chi connectivity index (χ4v) is 2.68. The first-order valence-corrected chi connectivity index (χ1v) is 7.64. The van der Waals surface area contributed by atoms with Crippen molar-refractivity contribution in [1.29, 1.82) is 0 Å². The zero-order valence-electron chi connectivity index (χ0n) is 11.0. The first-order valence-electron chi connectivity index (χ1n) is 6.85. The van der Waals surface area contributed by atoms with Crippen molar-refractivity contribution < 1.29 is 9.53 Å². The number of aromatic nitrogens is 2. The molecule has 1 saturated carbocycles. The van der Waals surface area contributed by atoms with Gasteiger partial charge in [-0.15, -0.1) is 0 Å². The molecule has 1 aromatic rings. The molecule has 2 aliphatic rings. The summed E-state index contributed by atoms with van der Waals surface area (Å²) in [4.78, 5) is 20.1. The van der Waals surface area contributed by atoms with Crippen LogP contribution in [0.3, 0.4) is 0 Å². The van der Waals surface area contributed by atoms with Gasteiger partial charge in [-0.05, 0) is 41.1 Å². The van der Waals surface area contributed by atoms with Gasteiger partial charge in [0.15, 0.2) is 0 Å². The lowest BCUT2D eigenvalue weighted by Gasteiger charge is -2.19. The van der Waals surface area contributed by atoms with E-state index in [1.165, 1.54) is 12.8 Å². The molecule has 0 bridgehead atoms. The number of hydrogen-bond donors (Lipinski definition) is 2. The van der Waals surface area contributed by atoms with E-state index in [2.05, 4.69) is 36.5 Å². The van der Waals surface area contributed by atoms with Gasteiger partial charge >= 0.3 is 6.03 Å². The van der Waals surface area contributed by atoms with Gasteiger partial charge in [-0.25, -0.2) is 9.78 Å². The zero-order chi connectivity index (χ0) is 13.9. The second kappa shape index (κ2) is 6.05. The Morgan fingerprint density at radius 2 is 2.20 bits per heavy atom. The fourth-order valence-electron chi connectivity index (χ4n) is 2.48. The van der Waals surface area contributed by atoms with Crippen molar-refractivity contribution in [2.24, 2.45) is 5.92 Å². The van der Waals surface area contributed by atoms with Gasteiger partial charge in [0.25, 0.3) is 0 Å². The Morgan fingerprint density at radius 3 is 2.90 bits per heavy atom. The highest BCUT2D eigenvalue weighted by molar-refractivity contribution is 9.10. The van der Waals surface area contributed by atoms with Gasteiger partial charge < -0.3 is 15.4 Å². The third-order valence-corrected chi connectivity index (χ3v) is 4.05. The third kappa shape index (κ3) is 3.46. The van der Waals surface area contributed by atoms with Crippen molar-refractivity contribution in [3.8, 4) is 0 Å². The monoisotopic (exact) mass is 340 g/mol. The highest BCUT2D eigenvalue weighted by Crippen LogP contribution is 2.38. The number of rotatable bonds is 4. The number of carbonyl (C=O) groups excluding carboxylic acids is 1. The molecular weight excluding hydrogens is 324 g/mol. The molecule has 7 heteroatoms. The SMILES string of the molecule is O=C(NCc1cnc(Br)cn1)NC1CCOC1C1CC1. The number of amides is 2. The Balaban J connectivity index is 1.46. The average molecular weight is 341 g/mol. The van der Waals surface area contributed by atoms with Gasteiger partial charge in [-0.2, -0.15) is 0 Å². The molecule has 6 nitrogen and oxygen atoms in total. The van der Waals surface area contributed by atoms with Crippen LogP contribution in [0.25, 0.3) is 0 Å². The molecule has 2 atom stereocenters. The summed E-state index contributed by atoms with van der Waals surface area (Å²) in [6.07, 6.45) is 6.79. The average Bonchev–Trinajstić information content (AvgIpc) is 3.19. The maximum atomic E-state index is 11.9. The second-order valence-corrected chi connectivity index (χ2v) is 6.04. The quantitative estimate of drug-likeness (QED) is 0.872. The van der Waals surface area contributed by atoms with Crippen LogP contribution in [0.1, 0.15) is 25.0 Å². The van der Waals surface area contributed by atoms with E-state index >= 15 is 0 Å². The van der Waals surface area contributed by atoms with Crippen molar-refractivity contribution >= 4 is 22.0 Å². The van der Waals surface area contributed by atoms with Crippen LogP contribution in [0.15, 0.2) is 17.0 Å². The van der Waals surface area contributed by atoms with Crippen molar-refractivity contribution in [3.63, 3.8) is 0 Å². The predicted molar refractivity (Wildman–Crippen MR) is 76.0 cm³/mol. The van der Waals surface area contributed by atoms with Gasteiger partial charge in [-0.1, -0.05) is 0 Å². The molecule has 2 amide bonds. The molecule has 108 valence electrons. The fraction of sp³-hybridized carbons (Fsp3) is 0.615. The summed E-state index contributed by atoms with van der Waals surface area (Å²) in [5.74, 6) is 0.639. The maximum absolute atomic E-state index is 11.9. The maximum Gasteiger partial charge on any atom is 0.315 e. The first kappa shape index (κ1) is 13.8. The molecule has 2 fully saturated rings. The minimum Gasteiger partial charge on any atom is -0.376 e. The Bertz CT molecular complexity index is 478. The lowest BCUT2D eigenvalue weighted by atomic mass is 10.1. The highest BCUT2D eigenvalue weighted by Gasteiger charge is 2.41. The van der Waals surface area contributed by atoms with Crippen molar-refractivity contribution in [2.75, 3.05) is 6.61 Å². The molecule has 2 heterocycles. The van der Waals surface area contributed by atoms with Crippen LogP contribution in [0.4, 0.5) is 4.79 Å². The van der Waals surface area contributed by atoms with Gasteiger partial charge in [-0.3, -0.25) is 4.98 Å². The number of nitrogens with zero attached hydrogens (tertiary/aromatic N) is 2. The molecule has 2 unspecified atom stereocenters. The van der Waals surface area contributed by atoms with Crippen molar-refractivity contribution in [3.05, 3.63) is 22.7 Å². The largest absolute Gasteiger partial charge is 0.376 e. The van der Waals surface area contributed by atoms with Crippen LogP contribution in [0.2, 0.25) is 0 Å². The molecule has 1 aliphatic heterocycles. The summed E-state index contributed by atoms with van der Waals surface area (Å²) in [6.45, 7) is 1.11. The van der Waals surface area contributed by atoms with Gasteiger partial charge in [0, 0.05) is 6.61 Å². The molecule has 1 aromatic heterocycles. The zero-order valence-corrected chi connectivity index (χ0v) is 12.6. The topological polar surface area (TPSA) is 76.1 Å². The van der Waals surface area contributed by atoms with Gasteiger partial charge in [0.2, 0.25) is 0 Å². The number of hydrogen-bond acceptors (Lipinski definition) is 4. The van der Waals surface area contributed by atoms with E-state index in [1.807, 2.05) is 0 Å². The van der Waals surface area contributed by atoms with Crippen molar-refractivity contribution in [2.45, 2.75) is 38.0 Å². The van der Waals surface area contributed by atoms with E-state index < -0.39 is 0 Å². The predicted octanol–water partition coefficient (Wildman–Crippen LogP) is 1.61. The van der Waals surface area contributed by atoms with E-state index in [4.69, 9.17) is 4.74 Å². The standard InChI is InChI=1S/C13H17BrN4O2/c14-11-7-15-9(5-16-11)6-17-13(19)18-10-3-4-20-12(10)8-1-2-8/h5,7-8,10,12H,1-4,6H2,(H2,17,18,19). The van der Waals surface area contributed by atoms with E-state index in [-0.39, 0.29) is 18.2 Å². The van der Waals surface area contributed by atoms with Crippen LogP contribution in [0, 0.1) is 5.92 Å². The number of halogens is 1. The van der Waals surface area contributed by atoms with E-state index in [0.29, 0.717) is 17.1 Å². The Morgan fingerprint density at radius 1 is 1.35 bits per heavy atom. The third-order valence-electron chi connectivity index (χ3n) is 3.64. The molecule has 0 aromatic carbocycles. The Labute approximate surface area is 125 Å². The summed E-state index contributed by atoms with van der Waals surface area (Å²) in [6, 6.07) is -0.0330. The minimum absolute atomic E-state index is 0.138. The normalized spacial score (nSPS) is 25.4. The molecule has 1 aliphatic carbocycles. The first-order chi connectivity index (χ1) is 9.72. The smallest absolute Gasteiger partial charge is 0.315 e. The Kier molecular flexibility index (Phi) is 4.16. The number of ether oxygens (including phenoxy) is 1. The van der Waals surface area contributed by atoms with E-state index in [1.54, 1.807) is 12.4 Å². The summed E-state index contributed by atoms with van der Waals surface area (Å²) >= 11 is 3.22. The molecule has 3 rings (SSSR count). The molecule has 20 heavy (non-hydrogen) atoms. The van der Waals surface area contributed by atoms with Crippen LogP contribution in [-0.4, -0.2) is 34.8 Å². The van der Waals surface area contributed by atoms with Gasteiger partial charge in [0.05, 0.1) is 36.8 Å².